The van der Waals surface area contributed by atoms with Gasteiger partial charge in [0.1, 0.15) is 5.70 Å². The molecule has 130 valence electrons. The standard InChI is InChI=1S/C22H19NO3/c1-26-22(25)19-13-8-14-23(21(19)16-24)15-20(17-9-4-2-5-10-17)18-11-6-3-7-12-18/h2-14,20H,15H2,1H3. The molecule has 0 N–H and O–H groups in total. The molecule has 0 fully saturated rings. The van der Waals surface area contributed by atoms with Crippen molar-refractivity contribution in [1.82, 2.24) is 4.90 Å². The van der Waals surface area contributed by atoms with E-state index in [4.69, 9.17) is 4.74 Å². The second kappa shape index (κ2) is 8.15. The topological polar surface area (TPSA) is 46.6 Å². The zero-order chi connectivity index (χ0) is 18.4. The average Bonchev–Trinajstić information content (AvgIpc) is 2.72. The monoisotopic (exact) mass is 345 g/mol. The summed E-state index contributed by atoms with van der Waals surface area (Å²) in [7, 11) is 1.30. The molecule has 1 aliphatic rings. The van der Waals surface area contributed by atoms with Gasteiger partial charge in [-0.05, 0) is 23.3 Å². The number of ether oxygens (including phenoxy) is 1. The van der Waals surface area contributed by atoms with Crippen LogP contribution in [0.15, 0.2) is 90.3 Å². The minimum atomic E-state index is -0.548. The van der Waals surface area contributed by atoms with Crippen LogP contribution in [-0.4, -0.2) is 30.5 Å². The zero-order valence-corrected chi connectivity index (χ0v) is 14.5. The molecule has 0 radical (unpaired) electrons. The quantitative estimate of drug-likeness (QED) is 0.615. The van der Waals surface area contributed by atoms with E-state index in [0.717, 1.165) is 11.1 Å². The molecule has 1 heterocycles. The molecule has 0 aliphatic carbocycles. The van der Waals surface area contributed by atoms with Gasteiger partial charge in [0.15, 0.2) is 5.94 Å². The first-order chi connectivity index (χ1) is 12.7. The Morgan fingerprint density at radius 3 is 2.12 bits per heavy atom. The molecule has 0 saturated carbocycles. The summed E-state index contributed by atoms with van der Waals surface area (Å²) in [5.41, 5.74) is 2.67. The first-order valence-corrected chi connectivity index (χ1v) is 8.33. The van der Waals surface area contributed by atoms with Gasteiger partial charge in [-0.3, -0.25) is 0 Å². The van der Waals surface area contributed by atoms with E-state index < -0.39 is 5.97 Å². The van der Waals surface area contributed by atoms with Crippen LogP contribution in [-0.2, 0) is 14.3 Å². The number of benzene rings is 2. The van der Waals surface area contributed by atoms with Gasteiger partial charge in [0, 0.05) is 18.7 Å². The highest BCUT2D eigenvalue weighted by molar-refractivity contribution is 5.96. The van der Waals surface area contributed by atoms with Crippen molar-refractivity contribution >= 4 is 11.9 Å². The lowest BCUT2D eigenvalue weighted by Gasteiger charge is -2.29. The summed E-state index contributed by atoms with van der Waals surface area (Å²) in [6, 6.07) is 20.2. The predicted octanol–water partition coefficient (Wildman–Crippen LogP) is 3.46. The first kappa shape index (κ1) is 17.5. The smallest absolute Gasteiger partial charge is 0.340 e. The largest absolute Gasteiger partial charge is 0.465 e. The number of methoxy groups -OCH3 is 1. The van der Waals surface area contributed by atoms with Crippen LogP contribution in [0.25, 0.3) is 0 Å². The van der Waals surface area contributed by atoms with E-state index in [0.29, 0.717) is 6.54 Å². The molecule has 4 nitrogen and oxygen atoms in total. The molecular weight excluding hydrogens is 326 g/mol. The molecule has 0 amide bonds. The Kier molecular flexibility index (Phi) is 5.47. The summed E-state index contributed by atoms with van der Waals surface area (Å²) >= 11 is 0. The summed E-state index contributed by atoms with van der Waals surface area (Å²) < 4.78 is 4.78. The number of hydrogen-bond donors (Lipinski definition) is 0. The van der Waals surface area contributed by atoms with Gasteiger partial charge in [0.2, 0.25) is 0 Å². The van der Waals surface area contributed by atoms with Crippen LogP contribution in [0, 0.1) is 0 Å². The van der Waals surface area contributed by atoms with Crippen LogP contribution in [0.2, 0.25) is 0 Å². The molecule has 26 heavy (non-hydrogen) atoms. The molecule has 2 aromatic rings. The molecule has 4 heteroatoms. The number of allylic oxidation sites excluding steroid dienone is 2. The highest BCUT2D eigenvalue weighted by atomic mass is 16.5. The van der Waals surface area contributed by atoms with Gasteiger partial charge in [-0.1, -0.05) is 60.7 Å². The van der Waals surface area contributed by atoms with Crippen molar-refractivity contribution in [3.63, 3.8) is 0 Å². The van der Waals surface area contributed by atoms with Gasteiger partial charge in [-0.15, -0.1) is 0 Å². The molecular formula is C22H19NO3. The van der Waals surface area contributed by atoms with Crippen molar-refractivity contribution in [2.24, 2.45) is 0 Å². The van der Waals surface area contributed by atoms with E-state index in [2.05, 4.69) is 24.3 Å². The Morgan fingerprint density at radius 1 is 1.04 bits per heavy atom. The van der Waals surface area contributed by atoms with E-state index in [1.54, 1.807) is 23.3 Å². The van der Waals surface area contributed by atoms with Crippen molar-refractivity contribution < 1.29 is 14.3 Å². The third kappa shape index (κ3) is 3.66. The number of nitrogens with zero attached hydrogens (tertiary/aromatic N) is 1. The van der Waals surface area contributed by atoms with Crippen molar-refractivity contribution in [3.05, 3.63) is 101 Å². The van der Waals surface area contributed by atoms with Crippen LogP contribution >= 0.6 is 0 Å². The van der Waals surface area contributed by atoms with Crippen molar-refractivity contribution in [2.45, 2.75) is 5.92 Å². The van der Waals surface area contributed by atoms with Crippen molar-refractivity contribution in [1.29, 1.82) is 0 Å². The van der Waals surface area contributed by atoms with E-state index in [1.165, 1.54) is 7.11 Å². The lowest BCUT2D eigenvalue weighted by molar-refractivity contribution is -0.135. The van der Waals surface area contributed by atoms with E-state index in [9.17, 15) is 9.59 Å². The van der Waals surface area contributed by atoms with Crippen LogP contribution in [0.4, 0.5) is 0 Å². The van der Waals surface area contributed by atoms with Gasteiger partial charge in [-0.2, -0.15) is 0 Å². The Bertz CT molecular complexity index is 839. The molecule has 0 saturated heterocycles. The average molecular weight is 345 g/mol. The fourth-order valence-electron chi connectivity index (χ4n) is 3.06. The Hall–Kier alpha value is -3.36. The van der Waals surface area contributed by atoms with E-state index in [1.807, 2.05) is 42.3 Å². The lowest BCUT2D eigenvalue weighted by atomic mass is 9.90. The molecule has 0 aromatic heterocycles. The fourth-order valence-corrected chi connectivity index (χ4v) is 3.06. The third-order valence-corrected chi connectivity index (χ3v) is 4.36. The summed E-state index contributed by atoms with van der Waals surface area (Å²) in [6.45, 7) is 0.503. The minimum absolute atomic E-state index is 0.0300. The predicted molar refractivity (Wildman–Crippen MR) is 99.9 cm³/mol. The second-order valence-electron chi connectivity index (χ2n) is 5.89. The Labute approximate surface area is 152 Å². The number of carbonyl (C=O) groups excluding carboxylic acids is 2. The maximum atomic E-state index is 12.0. The lowest BCUT2D eigenvalue weighted by Crippen LogP contribution is -2.29. The Balaban J connectivity index is 1.95. The zero-order valence-electron chi connectivity index (χ0n) is 14.5. The minimum Gasteiger partial charge on any atom is -0.465 e. The summed E-state index contributed by atoms with van der Waals surface area (Å²) in [5, 5.41) is 0. The first-order valence-electron chi connectivity index (χ1n) is 8.33. The van der Waals surface area contributed by atoms with Crippen LogP contribution in [0.1, 0.15) is 17.0 Å². The van der Waals surface area contributed by atoms with Crippen molar-refractivity contribution in [2.75, 3.05) is 13.7 Å². The van der Waals surface area contributed by atoms with Gasteiger partial charge in [0.05, 0.1) is 12.7 Å². The summed E-state index contributed by atoms with van der Waals surface area (Å²) in [6.07, 6.45) is 5.09. The second-order valence-corrected chi connectivity index (χ2v) is 5.89. The van der Waals surface area contributed by atoms with Crippen molar-refractivity contribution in [3.8, 4) is 0 Å². The number of hydrogen-bond acceptors (Lipinski definition) is 4. The van der Waals surface area contributed by atoms with Crippen LogP contribution in [0.5, 0.6) is 0 Å². The maximum Gasteiger partial charge on any atom is 0.340 e. The molecule has 2 aromatic carbocycles. The number of carbonyl (C=O) groups is 1. The summed E-state index contributed by atoms with van der Waals surface area (Å²) in [5.74, 6) is 1.38. The molecule has 0 bridgehead atoms. The van der Waals surface area contributed by atoms with Gasteiger partial charge >= 0.3 is 5.97 Å². The normalized spacial score (nSPS) is 13.4. The fraction of sp³-hybridized carbons (Fsp3) is 0.136. The molecule has 3 rings (SSSR count). The molecule has 0 unspecified atom stereocenters. The molecule has 1 aliphatic heterocycles. The number of esters is 1. The van der Waals surface area contributed by atoms with Crippen LogP contribution in [0.3, 0.4) is 0 Å². The van der Waals surface area contributed by atoms with Gasteiger partial charge in [-0.25, -0.2) is 9.59 Å². The van der Waals surface area contributed by atoms with E-state index >= 15 is 0 Å². The highest BCUT2D eigenvalue weighted by Gasteiger charge is 2.26. The highest BCUT2D eigenvalue weighted by Crippen LogP contribution is 2.29. The Morgan fingerprint density at radius 2 is 1.62 bits per heavy atom. The van der Waals surface area contributed by atoms with Gasteiger partial charge in [0.25, 0.3) is 0 Å². The number of rotatable bonds is 5. The maximum absolute atomic E-state index is 12.0. The molecule has 0 atom stereocenters. The SMILES string of the molecule is COC(=O)C1=CC=CN(CC(c2ccccc2)c2ccccc2)C1=C=O. The molecule has 0 spiro atoms. The van der Waals surface area contributed by atoms with E-state index in [-0.39, 0.29) is 17.2 Å². The third-order valence-electron chi connectivity index (χ3n) is 4.36. The van der Waals surface area contributed by atoms with Crippen LogP contribution < -0.4 is 0 Å². The van der Waals surface area contributed by atoms with Gasteiger partial charge < -0.3 is 9.64 Å². The summed E-state index contributed by atoms with van der Waals surface area (Å²) in [4.78, 5) is 25.3.